The molecule has 0 unspecified atom stereocenters. The molecule has 24 heavy (non-hydrogen) atoms. The molecule has 0 radical (unpaired) electrons. The molecule has 2 N–H and O–H groups in total. The van der Waals surface area contributed by atoms with Crippen molar-refractivity contribution < 1.29 is 9.53 Å². The van der Waals surface area contributed by atoms with Crippen molar-refractivity contribution in [3.63, 3.8) is 0 Å². The summed E-state index contributed by atoms with van der Waals surface area (Å²) in [5.74, 6) is 0.696. The molecule has 0 saturated carbocycles. The van der Waals surface area contributed by atoms with Gasteiger partial charge < -0.3 is 15.4 Å². The van der Waals surface area contributed by atoms with E-state index in [-0.39, 0.29) is 24.2 Å². The van der Waals surface area contributed by atoms with E-state index in [0.717, 1.165) is 51.5 Å². The lowest BCUT2D eigenvalue weighted by molar-refractivity contribution is -0.125. The van der Waals surface area contributed by atoms with Gasteiger partial charge in [-0.3, -0.25) is 9.69 Å². The standard InChI is InChI=1S/C18H27N3O2.ClH/c1-14-10-19-12-17(14)18(22)20-11-15-2-4-16(5-3-15)13-21-6-8-23-9-7-21;/h2-5,14,17,19H,6-13H2,1H3,(H,20,22);1H/t14-,17-;/m1./s1. The minimum absolute atomic E-state index is 0. The van der Waals surface area contributed by atoms with Crippen LogP contribution in [-0.4, -0.2) is 50.2 Å². The van der Waals surface area contributed by atoms with Crippen molar-refractivity contribution in [1.29, 1.82) is 0 Å². The molecule has 1 aromatic rings. The van der Waals surface area contributed by atoms with Crippen molar-refractivity contribution >= 4 is 18.3 Å². The molecule has 1 amide bonds. The topological polar surface area (TPSA) is 53.6 Å². The van der Waals surface area contributed by atoms with Crippen LogP contribution in [0.2, 0.25) is 0 Å². The molecule has 5 nitrogen and oxygen atoms in total. The molecular weight excluding hydrogens is 326 g/mol. The van der Waals surface area contributed by atoms with Crippen molar-refractivity contribution in [1.82, 2.24) is 15.5 Å². The number of carbonyl (C=O) groups is 1. The van der Waals surface area contributed by atoms with E-state index in [4.69, 9.17) is 4.74 Å². The van der Waals surface area contributed by atoms with Gasteiger partial charge in [-0.1, -0.05) is 31.2 Å². The fourth-order valence-corrected chi connectivity index (χ4v) is 3.26. The van der Waals surface area contributed by atoms with Crippen LogP contribution in [0.15, 0.2) is 24.3 Å². The fraction of sp³-hybridized carbons (Fsp3) is 0.611. The normalized spacial score (nSPS) is 24.4. The summed E-state index contributed by atoms with van der Waals surface area (Å²) < 4.78 is 5.37. The van der Waals surface area contributed by atoms with Gasteiger partial charge in [0.25, 0.3) is 0 Å². The van der Waals surface area contributed by atoms with E-state index in [1.807, 2.05) is 0 Å². The van der Waals surface area contributed by atoms with Crippen LogP contribution >= 0.6 is 12.4 Å². The summed E-state index contributed by atoms with van der Waals surface area (Å²) in [4.78, 5) is 14.6. The number of morpholine rings is 1. The molecule has 2 aliphatic heterocycles. The van der Waals surface area contributed by atoms with Gasteiger partial charge in [0, 0.05) is 32.7 Å². The van der Waals surface area contributed by atoms with Crippen LogP contribution in [0.25, 0.3) is 0 Å². The SMILES string of the molecule is C[C@@H]1CNC[C@H]1C(=O)NCc1ccc(CN2CCOCC2)cc1.Cl. The Bertz CT molecular complexity index is 518. The van der Waals surface area contributed by atoms with E-state index in [1.165, 1.54) is 5.56 Å². The van der Waals surface area contributed by atoms with E-state index >= 15 is 0 Å². The number of carbonyl (C=O) groups excluding carboxylic acids is 1. The number of halogens is 1. The predicted octanol–water partition coefficient (Wildman–Crippen LogP) is 1.41. The van der Waals surface area contributed by atoms with Gasteiger partial charge in [0.15, 0.2) is 0 Å². The molecule has 2 aliphatic rings. The Morgan fingerprint density at radius 3 is 2.50 bits per heavy atom. The summed E-state index contributed by atoms with van der Waals surface area (Å²) in [7, 11) is 0. The highest BCUT2D eigenvalue weighted by molar-refractivity contribution is 5.85. The summed E-state index contributed by atoms with van der Waals surface area (Å²) in [6, 6.07) is 8.56. The second-order valence-corrected chi connectivity index (χ2v) is 6.66. The van der Waals surface area contributed by atoms with Gasteiger partial charge in [-0.2, -0.15) is 0 Å². The largest absolute Gasteiger partial charge is 0.379 e. The van der Waals surface area contributed by atoms with Gasteiger partial charge in [-0.05, 0) is 23.6 Å². The van der Waals surface area contributed by atoms with Crippen LogP contribution in [0.3, 0.4) is 0 Å². The smallest absolute Gasteiger partial charge is 0.224 e. The second-order valence-electron chi connectivity index (χ2n) is 6.66. The minimum Gasteiger partial charge on any atom is -0.379 e. The van der Waals surface area contributed by atoms with Gasteiger partial charge in [0.2, 0.25) is 5.91 Å². The number of nitrogens with zero attached hydrogens (tertiary/aromatic N) is 1. The van der Waals surface area contributed by atoms with Crippen molar-refractivity contribution in [2.75, 3.05) is 39.4 Å². The third-order valence-electron chi connectivity index (χ3n) is 4.85. The first-order chi connectivity index (χ1) is 11.2. The predicted molar refractivity (Wildman–Crippen MR) is 97.2 cm³/mol. The zero-order valence-electron chi connectivity index (χ0n) is 14.3. The number of nitrogens with one attached hydrogen (secondary N) is 2. The average Bonchev–Trinajstić information content (AvgIpc) is 3.01. The maximum Gasteiger partial charge on any atom is 0.224 e. The lowest BCUT2D eigenvalue weighted by atomic mass is 9.97. The van der Waals surface area contributed by atoms with E-state index < -0.39 is 0 Å². The molecule has 2 heterocycles. The number of benzene rings is 1. The second kappa shape index (κ2) is 9.37. The van der Waals surface area contributed by atoms with E-state index in [1.54, 1.807) is 0 Å². The lowest BCUT2D eigenvalue weighted by Gasteiger charge is -2.26. The molecule has 2 fully saturated rings. The molecule has 2 atom stereocenters. The first-order valence-electron chi connectivity index (χ1n) is 8.59. The number of rotatable bonds is 5. The Labute approximate surface area is 150 Å². The quantitative estimate of drug-likeness (QED) is 0.840. The number of ether oxygens (including phenoxy) is 1. The Kier molecular flexibility index (Phi) is 7.49. The van der Waals surface area contributed by atoms with E-state index in [9.17, 15) is 4.79 Å². The summed E-state index contributed by atoms with van der Waals surface area (Å²) >= 11 is 0. The van der Waals surface area contributed by atoms with Crippen LogP contribution in [0.5, 0.6) is 0 Å². The summed E-state index contributed by atoms with van der Waals surface area (Å²) in [5.41, 5.74) is 2.47. The van der Waals surface area contributed by atoms with Crippen LogP contribution in [0.1, 0.15) is 18.1 Å². The highest BCUT2D eigenvalue weighted by Crippen LogP contribution is 2.16. The van der Waals surface area contributed by atoms with Crippen LogP contribution in [0.4, 0.5) is 0 Å². The van der Waals surface area contributed by atoms with Crippen LogP contribution in [-0.2, 0) is 22.6 Å². The van der Waals surface area contributed by atoms with Gasteiger partial charge in [0.1, 0.15) is 0 Å². The molecule has 2 saturated heterocycles. The van der Waals surface area contributed by atoms with E-state index in [0.29, 0.717) is 12.5 Å². The Morgan fingerprint density at radius 2 is 1.88 bits per heavy atom. The third-order valence-corrected chi connectivity index (χ3v) is 4.85. The minimum atomic E-state index is 0. The van der Waals surface area contributed by atoms with Crippen molar-refractivity contribution in [3.8, 4) is 0 Å². The summed E-state index contributed by atoms with van der Waals surface area (Å²) in [6.07, 6.45) is 0. The molecule has 6 heteroatoms. The highest BCUT2D eigenvalue weighted by Gasteiger charge is 2.29. The molecule has 0 aliphatic carbocycles. The van der Waals surface area contributed by atoms with Crippen LogP contribution < -0.4 is 10.6 Å². The third kappa shape index (κ3) is 5.18. The summed E-state index contributed by atoms with van der Waals surface area (Å²) in [6.45, 7) is 9.12. The van der Waals surface area contributed by atoms with Gasteiger partial charge >= 0.3 is 0 Å². The zero-order chi connectivity index (χ0) is 16.1. The number of amides is 1. The Hall–Kier alpha value is -1.14. The van der Waals surface area contributed by atoms with Crippen molar-refractivity contribution in [2.45, 2.75) is 20.0 Å². The van der Waals surface area contributed by atoms with Crippen molar-refractivity contribution in [3.05, 3.63) is 35.4 Å². The molecular formula is C18H28ClN3O2. The Balaban J connectivity index is 0.00000208. The summed E-state index contributed by atoms with van der Waals surface area (Å²) in [5, 5.41) is 6.34. The maximum atomic E-state index is 12.2. The lowest BCUT2D eigenvalue weighted by Crippen LogP contribution is -2.35. The molecule has 3 rings (SSSR count). The maximum absolute atomic E-state index is 12.2. The van der Waals surface area contributed by atoms with E-state index in [2.05, 4.69) is 46.7 Å². The molecule has 1 aromatic carbocycles. The zero-order valence-corrected chi connectivity index (χ0v) is 15.1. The monoisotopic (exact) mass is 353 g/mol. The van der Waals surface area contributed by atoms with Gasteiger partial charge in [-0.25, -0.2) is 0 Å². The van der Waals surface area contributed by atoms with Gasteiger partial charge in [0.05, 0.1) is 19.1 Å². The van der Waals surface area contributed by atoms with Gasteiger partial charge in [-0.15, -0.1) is 12.4 Å². The molecule has 0 bridgehead atoms. The molecule has 134 valence electrons. The first kappa shape index (κ1) is 19.2. The first-order valence-corrected chi connectivity index (χ1v) is 8.59. The Morgan fingerprint density at radius 1 is 1.21 bits per heavy atom. The molecule has 0 aromatic heterocycles. The van der Waals surface area contributed by atoms with Crippen molar-refractivity contribution in [2.24, 2.45) is 11.8 Å². The number of hydrogen-bond donors (Lipinski definition) is 2. The average molecular weight is 354 g/mol. The van der Waals surface area contributed by atoms with Crippen LogP contribution in [0, 0.1) is 11.8 Å². The number of hydrogen-bond acceptors (Lipinski definition) is 4. The fourth-order valence-electron chi connectivity index (χ4n) is 3.26. The molecule has 0 spiro atoms. The highest BCUT2D eigenvalue weighted by atomic mass is 35.5.